The molecule has 0 unspecified atom stereocenters. The molecule has 0 radical (unpaired) electrons. The summed E-state index contributed by atoms with van der Waals surface area (Å²) in [5.41, 5.74) is 1.13. The van der Waals surface area contributed by atoms with Gasteiger partial charge in [0.15, 0.2) is 0 Å². The maximum absolute atomic E-state index is 12.6. The summed E-state index contributed by atoms with van der Waals surface area (Å²) < 4.78 is 0. The number of carbonyl (C=O) groups is 2. The molecule has 1 saturated heterocycles. The van der Waals surface area contributed by atoms with Crippen molar-refractivity contribution in [3.63, 3.8) is 0 Å². The third-order valence-corrected chi connectivity index (χ3v) is 5.81. The number of hydrogen-bond acceptors (Lipinski definition) is 2. The second-order valence-corrected chi connectivity index (χ2v) is 7.48. The van der Waals surface area contributed by atoms with Crippen molar-refractivity contribution in [3.8, 4) is 0 Å². The molecular weight excluding hydrogens is 324 g/mol. The van der Waals surface area contributed by atoms with Crippen LogP contribution in [-0.2, 0) is 4.79 Å². The summed E-state index contributed by atoms with van der Waals surface area (Å²) in [4.78, 5) is 27.0. The number of hydrogen-bond donors (Lipinski definition) is 1. The van der Waals surface area contributed by atoms with Crippen LogP contribution in [-0.4, -0.2) is 29.8 Å². The van der Waals surface area contributed by atoms with Crippen LogP contribution in [0.2, 0.25) is 5.02 Å². The van der Waals surface area contributed by atoms with Crippen LogP contribution in [0, 0.1) is 17.8 Å². The molecule has 1 aromatic carbocycles. The van der Waals surface area contributed by atoms with Crippen molar-refractivity contribution in [2.45, 2.75) is 25.7 Å². The van der Waals surface area contributed by atoms with Crippen molar-refractivity contribution in [1.82, 2.24) is 4.90 Å². The summed E-state index contributed by atoms with van der Waals surface area (Å²) >= 11 is 6.24. The second-order valence-electron chi connectivity index (χ2n) is 7.07. The average molecular weight is 345 g/mol. The Labute approximate surface area is 146 Å². The minimum atomic E-state index is 0.0134. The zero-order valence-corrected chi connectivity index (χ0v) is 14.3. The maximum atomic E-state index is 12.6. The lowest BCUT2D eigenvalue weighted by Crippen LogP contribution is -2.28. The molecule has 2 bridgehead atoms. The average Bonchev–Trinajstić information content (AvgIpc) is 3.33. The molecule has 4 nitrogen and oxygen atoms in total. The summed E-state index contributed by atoms with van der Waals surface area (Å²) in [6.07, 6.45) is 8.49. The summed E-state index contributed by atoms with van der Waals surface area (Å²) in [5, 5.41) is 3.42. The Hall–Kier alpha value is -1.81. The maximum Gasteiger partial charge on any atom is 0.253 e. The van der Waals surface area contributed by atoms with Crippen LogP contribution in [0.3, 0.4) is 0 Å². The lowest BCUT2D eigenvalue weighted by molar-refractivity contribution is -0.120. The van der Waals surface area contributed by atoms with E-state index in [-0.39, 0.29) is 17.7 Å². The van der Waals surface area contributed by atoms with E-state index in [1.165, 1.54) is 0 Å². The topological polar surface area (TPSA) is 49.4 Å². The van der Waals surface area contributed by atoms with Crippen LogP contribution in [0.1, 0.15) is 36.0 Å². The Morgan fingerprint density at radius 3 is 2.58 bits per heavy atom. The first kappa shape index (κ1) is 15.7. The van der Waals surface area contributed by atoms with Gasteiger partial charge in [0.25, 0.3) is 5.91 Å². The van der Waals surface area contributed by atoms with Gasteiger partial charge in [0.1, 0.15) is 0 Å². The highest BCUT2D eigenvalue weighted by Crippen LogP contribution is 2.44. The molecule has 1 aliphatic heterocycles. The third kappa shape index (κ3) is 2.84. The number of rotatable bonds is 3. The van der Waals surface area contributed by atoms with E-state index in [0.29, 0.717) is 28.1 Å². The molecule has 3 aliphatic rings. The molecule has 1 saturated carbocycles. The van der Waals surface area contributed by atoms with E-state index in [2.05, 4.69) is 17.5 Å². The lowest BCUT2D eigenvalue weighted by Gasteiger charge is -2.19. The minimum Gasteiger partial charge on any atom is -0.339 e. The quantitative estimate of drug-likeness (QED) is 0.849. The van der Waals surface area contributed by atoms with Crippen LogP contribution in [0.5, 0.6) is 0 Å². The number of halogens is 1. The van der Waals surface area contributed by atoms with Crippen molar-refractivity contribution >= 4 is 29.1 Å². The number of allylic oxidation sites excluding steroid dienone is 2. The molecule has 2 fully saturated rings. The molecule has 126 valence electrons. The number of nitrogens with one attached hydrogen (secondary N) is 1. The lowest BCUT2D eigenvalue weighted by atomic mass is 9.93. The number of likely N-dealkylation sites (tertiary alicyclic amines) is 1. The molecule has 1 aromatic rings. The SMILES string of the molecule is O=C(Nc1cc(C(=O)N2CCCC2)ccc1Cl)[C@@H]1C[C@@H]2C=C[C@@H]1C2. The normalized spacial score (nSPS) is 27.7. The van der Waals surface area contributed by atoms with Gasteiger partial charge in [-0.3, -0.25) is 9.59 Å². The minimum absolute atomic E-state index is 0.0134. The van der Waals surface area contributed by atoms with Crippen LogP contribution in [0.15, 0.2) is 30.4 Å². The molecule has 24 heavy (non-hydrogen) atoms. The summed E-state index contributed by atoms with van der Waals surface area (Å²) in [6, 6.07) is 5.14. The van der Waals surface area contributed by atoms with E-state index in [1.54, 1.807) is 18.2 Å². The standard InChI is InChI=1S/C19H21ClN2O2/c20-16-6-5-14(19(24)22-7-1-2-8-22)11-17(16)21-18(23)15-10-12-3-4-13(15)9-12/h3-6,11-13,15H,1-2,7-10H2,(H,21,23)/t12-,13-,15-/m1/s1. The van der Waals surface area contributed by atoms with E-state index in [0.717, 1.165) is 38.8 Å². The first-order valence-corrected chi connectivity index (χ1v) is 9.07. The Balaban J connectivity index is 1.50. The Kier molecular flexibility index (Phi) is 4.09. The van der Waals surface area contributed by atoms with Crippen LogP contribution in [0.4, 0.5) is 5.69 Å². The van der Waals surface area contributed by atoms with Gasteiger partial charge < -0.3 is 10.2 Å². The molecule has 2 amide bonds. The van der Waals surface area contributed by atoms with Gasteiger partial charge in [0, 0.05) is 24.6 Å². The Morgan fingerprint density at radius 2 is 1.92 bits per heavy atom. The van der Waals surface area contributed by atoms with Crippen molar-refractivity contribution in [3.05, 3.63) is 40.9 Å². The van der Waals surface area contributed by atoms with Crippen molar-refractivity contribution in [2.24, 2.45) is 17.8 Å². The zero-order chi connectivity index (χ0) is 16.7. The molecule has 0 aromatic heterocycles. The van der Waals surface area contributed by atoms with E-state index in [1.807, 2.05) is 4.90 Å². The van der Waals surface area contributed by atoms with Gasteiger partial charge in [-0.1, -0.05) is 23.8 Å². The second kappa shape index (κ2) is 6.25. The van der Waals surface area contributed by atoms with Gasteiger partial charge in [0.05, 0.1) is 10.7 Å². The zero-order valence-electron chi connectivity index (χ0n) is 13.5. The summed E-state index contributed by atoms with van der Waals surface area (Å²) in [6.45, 7) is 1.61. The third-order valence-electron chi connectivity index (χ3n) is 5.48. The molecule has 0 spiro atoms. The fourth-order valence-electron chi connectivity index (χ4n) is 4.16. The number of nitrogens with zero attached hydrogens (tertiary/aromatic N) is 1. The molecule has 4 rings (SSSR count). The number of anilines is 1. The molecule has 5 heteroatoms. The number of benzene rings is 1. The highest BCUT2D eigenvalue weighted by atomic mass is 35.5. The summed E-state index contributed by atoms with van der Waals surface area (Å²) in [5.74, 6) is 0.948. The molecule has 1 N–H and O–H groups in total. The van der Waals surface area contributed by atoms with E-state index in [9.17, 15) is 9.59 Å². The number of amides is 2. The van der Waals surface area contributed by atoms with E-state index in [4.69, 9.17) is 11.6 Å². The van der Waals surface area contributed by atoms with Crippen LogP contribution >= 0.6 is 11.6 Å². The van der Waals surface area contributed by atoms with Gasteiger partial charge in [-0.15, -0.1) is 0 Å². The molecular formula is C19H21ClN2O2. The fourth-order valence-corrected chi connectivity index (χ4v) is 4.33. The molecule has 3 atom stereocenters. The Morgan fingerprint density at radius 1 is 1.12 bits per heavy atom. The van der Waals surface area contributed by atoms with Gasteiger partial charge in [-0.05, 0) is 55.7 Å². The van der Waals surface area contributed by atoms with Crippen molar-refractivity contribution < 1.29 is 9.59 Å². The summed E-state index contributed by atoms with van der Waals surface area (Å²) in [7, 11) is 0. The largest absolute Gasteiger partial charge is 0.339 e. The Bertz CT molecular complexity index is 709. The van der Waals surface area contributed by atoms with Crippen molar-refractivity contribution in [1.29, 1.82) is 0 Å². The number of fused-ring (bicyclic) bond motifs is 2. The smallest absolute Gasteiger partial charge is 0.253 e. The first-order valence-electron chi connectivity index (χ1n) is 8.70. The fraction of sp³-hybridized carbons (Fsp3) is 0.474. The van der Waals surface area contributed by atoms with Crippen LogP contribution in [0.25, 0.3) is 0 Å². The van der Waals surface area contributed by atoms with Gasteiger partial charge in [-0.2, -0.15) is 0 Å². The van der Waals surface area contributed by atoms with Gasteiger partial charge in [-0.25, -0.2) is 0 Å². The predicted octanol–water partition coefficient (Wildman–Crippen LogP) is 3.73. The van der Waals surface area contributed by atoms with Gasteiger partial charge >= 0.3 is 0 Å². The van der Waals surface area contributed by atoms with Crippen molar-refractivity contribution in [2.75, 3.05) is 18.4 Å². The first-order chi connectivity index (χ1) is 11.6. The monoisotopic (exact) mass is 344 g/mol. The molecule has 1 heterocycles. The van der Waals surface area contributed by atoms with E-state index >= 15 is 0 Å². The van der Waals surface area contributed by atoms with E-state index < -0.39 is 0 Å². The highest BCUT2D eigenvalue weighted by molar-refractivity contribution is 6.34. The van der Waals surface area contributed by atoms with Crippen LogP contribution < -0.4 is 5.32 Å². The predicted molar refractivity (Wildman–Crippen MR) is 94.1 cm³/mol. The highest BCUT2D eigenvalue weighted by Gasteiger charge is 2.39. The molecule has 2 aliphatic carbocycles. The van der Waals surface area contributed by atoms with Gasteiger partial charge in [0.2, 0.25) is 5.91 Å². The number of carbonyl (C=O) groups excluding carboxylic acids is 2.